The van der Waals surface area contributed by atoms with E-state index in [1.807, 2.05) is 31.2 Å². The maximum Gasteiger partial charge on any atom is 0.240 e. The molecule has 2 aromatic rings. The number of aryl methyl sites for hydroxylation is 1. The Balaban J connectivity index is 2.19. The number of halogens is 1. The van der Waals surface area contributed by atoms with Crippen molar-refractivity contribution < 1.29 is 8.42 Å². The topological polar surface area (TPSA) is 72.2 Å². The first kappa shape index (κ1) is 14.8. The summed E-state index contributed by atoms with van der Waals surface area (Å²) in [7, 11) is -3.60. The fourth-order valence-corrected chi connectivity index (χ4v) is 3.02. The molecule has 0 heterocycles. The van der Waals surface area contributed by atoms with E-state index < -0.39 is 10.0 Å². The van der Waals surface area contributed by atoms with E-state index in [0.717, 1.165) is 11.1 Å². The van der Waals surface area contributed by atoms with Crippen LogP contribution in [0.4, 0.5) is 5.69 Å². The maximum absolute atomic E-state index is 12.2. The van der Waals surface area contributed by atoms with E-state index in [2.05, 4.69) is 4.72 Å². The van der Waals surface area contributed by atoms with Crippen LogP contribution in [0.5, 0.6) is 0 Å². The van der Waals surface area contributed by atoms with Gasteiger partial charge in [0.05, 0.1) is 15.6 Å². The van der Waals surface area contributed by atoms with Crippen LogP contribution in [-0.4, -0.2) is 8.42 Å². The Morgan fingerprint density at radius 3 is 2.55 bits per heavy atom. The molecule has 3 N–H and O–H groups in total. The second kappa shape index (κ2) is 5.83. The van der Waals surface area contributed by atoms with Gasteiger partial charge in [0.25, 0.3) is 0 Å². The number of rotatable bonds is 4. The van der Waals surface area contributed by atoms with Gasteiger partial charge in [-0.1, -0.05) is 35.9 Å². The molecule has 2 rings (SSSR count). The number of nitrogens with one attached hydrogen (secondary N) is 1. The normalized spacial score (nSPS) is 11.5. The average Bonchev–Trinajstić information content (AvgIpc) is 2.41. The Bertz CT molecular complexity index is 730. The molecule has 106 valence electrons. The lowest BCUT2D eigenvalue weighted by Crippen LogP contribution is -2.23. The molecule has 0 aromatic heterocycles. The smallest absolute Gasteiger partial charge is 0.240 e. The Hall–Kier alpha value is -1.56. The molecule has 6 heteroatoms. The molecule has 4 nitrogen and oxygen atoms in total. The zero-order valence-electron chi connectivity index (χ0n) is 10.9. The molecule has 20 heavy (non-hydrogen) atoms. The molecule has 0 spiro atoms. The van der Waals surface area contributed by atoms with Crippen molar-refractivity contribution in [3.05, 3.63) is 58.6 Å². The summed E-state index contributed by atoms with van der Waals surface area (Å²) in [5, 5.41) is 0.226. The molecule has 0 amide bonds. The fourth-order valence-electron chi connectivity index (χ4n) is 1.74. The van der Waals surface area contributed by atoms with Crippen molar-refractivity contribution in [2.45, 2.75) is 18.4 Å². The molecule has 0 saturated carbocycles. The van der Waals surface area contributed by atoms with Crippen LogP contribution >= 0.6 is 11.6 Å². The molecule has 0 bridgehead atoms. The summed E-state index contributed by atoms with van der Waals surface area (Å²) in [6.07, 6.45) is 0. The zero-order valence-corrected chi connectivity index (χ0v) is 12.5. The van der Waals surface area contributed by atoms with Crippen molar-refractivity contribution in [2.75, 3.05) is 5.73 Å². The Morgan fingerprint density at radius 2 is 1.90 bits per heavy atom. The molecule has 0 fully saturated rings. The van der Waals surface area contributed by atoms with Crippen LogP contribution in [0.1, 0.15) is 11.1 Å². The second-order valence-corrected chi connectivity index (χ2v) is 6.61. The van der Waals surface area contributed by atoms with Crippen LogP contribution in [0.3, 0.4) is 0 Å². The number of hydrogen-bond donors (Lipinski definition) is 2. The number of benzene rings is 2. The SMILES string of the molecule is Cc1ccccc1CNS(=O)(=O)c1ccc(N)c(Cl)c1. The average molecular weight is 311 g/mol. The summed E-state index contributed by atoms with van der Waals surface area (Å²) < 4.78 is 26.9. The predicted molar refractivity (Wildman–Crippen MR) is 81.1 cm³/mol. The first-order valence-electron chi connectivity index (χ1n) is 5.99. The number of nitrogen functional groups attached to an aromatic ring is 1. The highest BCUT2D eigenvalue weighted by Crippen LogP contribution is 2.22. The first-order chi connectivity index (χ1) is 9.40. The molecule has 0 saturated heterocycles. The second-order valence-electron chi connectivity index (χ2n) is 4.43. The van der Waals surface area contributed by atoms with Crippen LogP contribution < -0.4 is 10.5 Å². The number of sulfonamides is 1. The summed E-state index contributed by atoms with van der Waals surface area (Å²) in [5.74, 6) is 0. The largest absolute Gasteiger partial charge is 0.398 e. The molecular weight excluding hydrogens is 296 g/mol. The van der Waals surface area contributed by atoms with Gasteiger partial charge in [0.1, 0.15) is 0 Å². The standard InChI is InChI=1S/C14H15ClN2O2S/c1-10-4-2-3-5-11(10)9-17-20(18,19)12-6-7-14(16)13(15)8-12/h2-8,17H,9,16H2,1H3. The van der Waals surface area contributed by atoms with Gasteiger partial charge in [-0.15, -0.1) is 0 Å². The molecule has 0 atom stereocenters. The molecule has 0 unspecified atom stereocenters. The molecule has 0 radical (unpaired) electrons. The highest BCUT2D eigenvalue weighted by molar-refractivity contribution is 7.89. The quantitative estimate of drug-likeness (QED) is 0.853. The monoisotopic (exact) mass is 310 g/mol. The minimum Gasteiger partial charge on any atom is -0.398 e. The van der Waals surface area contributed by atoms with Crippen LogP contribution in [0.15, 0.2) is 47.4 Å². The van der Waals surface area contributed by atoms with Crippen LogP contribution in [0.25, 0.3) is 0 Å². The predicted octanol–water partition coefficient (Wildman–Crippen LogP) is 2.71. The van der Waals surface area contributed by atoms with E-state index in [9.17, 15) is 8.42 Å². The van der Waals surface area contributed by atoms with Gasteiger partial charge < -0.3 is 5.73 Å². The summed E-state index contributed by atoms with van der Waals surface area (Å²) in [5.41, 5.74) is 7.88. The molecule has 0 aliphatic heterocycles. The summed E-state index contributed by atoms with van der Waals surface area (Å²) >= 11 is 5.85. The van der Waals surface area contributed by atoms with Crippen LogP contribution in [0, 0.1) is 6.92 Å². The highest BCUT2D eigenvalue weighted by Gasteiger charge is 2.15. The van der Waals surface area contributed by atoms with Crippen molar-refractivity contribution >= 4 is 27.3 Å². The third-order valence-electron chi connectivity index (χ3n) is 3.00. The molecule has 0 aliphatic carbocycles. The molecule has 2 aromatic carbocycles. The molecule has 0 aliphatic rings. The summed E-state index contributed by atoms with van der Waals surface area (Å²) in [4.78, 5) is 0.102. The van der Waals surface area contributed by atoms with E-state index in [1.54, 1.807) is 0 Å². The third kappa shape index (κ3) is 3.30. The zero-order chi connectivity index (χ0) is 14.8. The van der Waals surface area contributed by atoms with Gasteiger partial charge in [-0.2, -0.15) is 0 Å². The number of hydrogen-bond acceptors (Lipinski definition) is 3. The van der Waals surface area contributed by atoms with Gasteiger partial charge in [-0.25, -0.2) is 13.1 Å². The Morgan fingerprint density at radius 1 is 1.20 bits per heavy atom. The molecular formula is C14H15ClN2O2S. The van der Waals surface area contributed by atoms with Crippen LogP contribution in [-0.2, 0) is 16.6 Å². The van der Waals surface area contributed by atoms with E-state index in [1.165, 1.54) is 18.2 Å². The van der Waals surface area contributed by atoms with E-state index in [-0.39, 0.29) is 16.5 Å². The number of anilines is 1. The van der Waals surface area contributed by atoms with Crippen molar-refractivity contribution in [2.24, 2.45) is 0 Å². The number of nitrogens with two attached hydrogens (primary N) is 1. The van der Waals surface area contributed by atoms with E-state index in [4.69, 9.17) is 17.3 Å². The fraction of sp³-hybridized carbons (Fsp3) is 0.143. The van der Waals surface area contributed by atoms with Crippen LogP contribution in [0.2, 0.25) is 5.02 Å². The van der Waals surface area contributed by atoms with E-state index >= 15 is 0 Å². The van der Waals surface area contributed by atoms with Crippen molar-refractivity contribution in [3.8, 4) is 0 Å². The summed E-state index contributed by atoms with van der Waals surface area (Å²) in [6, 6.07) is 11.9. The Labute approximate surface area is 123 Å². The van der Waals surface area contributed by atoms with Crippen molar-refractivity contribution in [3.63, 3.8) is 0 Å². The first-order valence-corrected chi connectivity index (χ1v) is 7.85. The summed E-state index contributed by atoms with van der Waals surface area (Å²) in [6.45, 7) is 2.17. The lowest BCUT2D eigenvalue weighted by Gasteiger charge is -2.09. The van der Waals surface area contributed by atoms with Gasteiger partial charge in [0, 0.05) is 6.54 Å². The van der Waals surface area contributed by atoms with Gasteiger partial charge in [0.15, 0.2) is 0 Å². The van der Waals surface area contributed by atoms with E-state index in [0.29, 0.717) is 5.69 Å². The van der Waals surface area contributed by atoms with Gasteiger partial charge in [0.2, 0.25) is 10.0 Å². The lowest BCUT2D eigenvalue weighted by molar-refractivity contribution is 0.581. The van der Waals surface area contributed by atoms with Gasteiger partial charge in [-0.05, 0) is 36.2 Å². The lowest BCUT2D eigenvalue weighted by atomic mass is 10.1. The van der Waals surface area contributed by atoms with Gasteiger partial charge in [-0.3, -0.25) is 0 Å². The minimum absolute atomic E-state index is 0.102. The highest BCUT2D eigenvalue weighted by atomic mass is 35.5. The van der Waals surface area contributed by atoms with Crippen molar-refractivity contribution in [1.29, 1.82) is 0 Å². The third-order valence-corrected chi connectivity index (χ3v) is 4.72. The minimum atomic E-state index is -3.60. The van der Waals surface area contributed by atoms with Gasteiger partial charge >= 0.3 is 0 Å². The Kier molecular flexibility index (Phi) is 4.32. The van der Waals surface area contributed by atoms with Crippen molar-refractivity contribution in [1.82, 2.24) is 4.72 Å². The maximum atomic E-state index is 12.2.